The van der Waals surface area contributed by atoms with E-state index in [1.54, 1.807) is 6.07 Å². The summed E-state index contributed by atoms with van der Waals surface area (Å²) in [5.41, 5.74) is -0.0257. The van der Waals surface area contributed by atoms with Crippen LogP contribution in [0.1, 0.15) is 28.5 Å². The molecule has 5 rings (SSSR count). The first-order valence-corrected chi connectivity index (χ1v) is 7.42. The summed E-state index contributed by atoms with van der Waals surface area (Å²) in [6.45, 7) is -2.55. The molecule has 0 radical (unpaired) electrons. The second-order valence-corrected chi connectivity index (χ2v) is 6.33. The van der Waals surface area contributed by atoms with E-state index in [-0.39, 0.29) is 30.9 Å². The maximum atomic E-state index is 10.7. The molecule has 2 unspecified atom stereocenters. The summed E-state index contributed by atoms with van der Waals surface area (Å²) in [4.78, 5) is 1.09. The van der Waals surface area contributed by atoms with Crippen LogP contribution in [0.5, 0.6) is 11.5 Å². The summed E-state index contributed by atoms with van der Waals surface area (Å²) >= 11 is 0. The molecule has 22 heavy (non-hydrogen) atoms. The van der Waals surface area contributed by atoms with Gasteiger partial charge in [-0.15, -0.1) is 0 Å². The molecule has 2 aliphatic heterocycles. The predicted octanol–water partition coefficient (Wildman–Crippen LogP) is 1.50. The van der Waals surface area contributed by atoms with Crippen LogP contribution in [0, 0.1) is 5.89 Å². The standard InChI is InChI=1S/C18H21NO3/c1-19-8-7-18-11-4-5-13(20)17(18)22-16-14(21-2)6-3-10(15(16)18)9-12(11)19/h3-6,11-13,17,20H,7-9H2,1-2H3/t11-,12+,13?,17?,18-/m0/s1/i1D3,2D3,11D,12D. The summed E-state index contributed by atoms with van der Waals surface area (Å²) in [5, 5.41) is 10.7. The Morgan fingerprint density at radius 2 is 2.45 bits per heavy atom. The number of rotatable bonds is 1. The van der Waals surface area contributed by atoms with Gasteiger partial charge < -0.3 is 19.5 Å². The van der Waals surface area contributed by atoms with Crippen LogP contribution in [-0.2, 0) is 11.8 Å². The second-order valence-electron chi connectivity index (χ2n) is 6.33. The predicted molar refractivity (Wildman–Crippen MR) is 82.5 cm³/mol. The van der Waals surface area contributed by atoms with Crippen molar-refractivity contribution in [2.75, 3.05) is 20.6 Å². The molecule has 2 aliphatic carbocycles. The van der Waals surface area contributed by atoms with Gasteiger partial charge in [0, 0.05) is 29.7 Å². The first kappa shape index (κ1) is 7.37. The van der Waals surface area contributed by atoms with E-state index in [0.717, 1.165) is 4.90 Å². The Morgan fingerprint density at radius 3 is 3.32 bits per heavy atom. The van der Waals surface area contributed by atoms with Gasteiger partial charge in [0.2, 0.25) is 0 Å². The second kappa shape index (κ2) is 4.06. The summed E-state index contributed by atoms with van der Waals surface area (Å²) in [6.07, 6.45) is 0.883. The van der Waals surface area contributed by atoms with E-state index in [4.69, 9.17) is 17.7 Å². The van der Waals surface area contributed by atoms with Gasteiger partial charge in [0.05, 0.1) is 11.2 Å². The van der Waals surface area contributed by atoms with Gasteiger partial charge in [-0.2, -0.15) is 0 Å². The number of likely N-dealkylation sites (N-methyl/N-ethyl adjacent to an activating group) is 1. The van der Waals surface area contributed by atoms with Crippen LogP contribution in [0.15, 0.2) is 24.3 Å². The van der Waals surface area contributed by atoms with E-state index in [1.165, 1.54) is 18.2 Å². The van der Waals surface area contributed by atoms with Crippen molar-refractivity contribution < 1.29 is 25.5 Å². The number of hydrogen-bond donors (Lipinski definition) is 1. The molecule has 1 saturated heterocycles. The molecule has 0 amide bonds. The Balaban J connectivity index is 1.79. The van der Waals surface area contributed by atoms with E-state index in [0.29, 0.717) is 11.1 Å². The third kappa shape index (κ3) is 1.28. The largest absolute Gasteiger partial charge is 0.493 e. The molecule has 1 fully saturated rings. The van der Waals surface area contributed by atoms with Gasteiger partial charge in [-0.05, 0) is 38.0 Å². The smallest absolute Gasteiger partial charge is 0.165 e. The highest BCUT2D eigenvalue weighted by atomic mass is 16.5. The molecular weight excluding hydrogens is 278 g/mol. The summed E-state index contributed by atoms with van der Waals surface area (Å²) in [7, 11) is -2.72. The minimum absolute atomic E-state index is 0.0113. The number of piperidine rings is 1. The van der Waals surface area contributed by atoms with Crippen molar-refractivity contribution in [1.82, 2.24) is 4.90 Å². The van der Waals surface area contributed by atoms with Crippen molar-refractivity contribution in [2.45, 2.75) is 36.5 Å². The normalized spacial score (nSPS) is 54.2. The van der Waals surface area contributed by atoms with Crippen LogP contribution >= 0.6 is 0 Å². The first-order chi connectivity index (χ1) is 13.7. The van der Waals surface area contributed by atoms with Crippen LogP contribution < -0.4 is 9.47 Å². The number of aliphatic hydroxyl groups excluding tert-OH is 1. The van der Waals surface area contributed by atoms with Crippen LogP contribution in [0.3, 0.4) is 0 Å². The molecule has 1 spiro atoms. The van der Waals surface area contributed by atoms with Crippen molar-refractivity contribution in [1.29, 1.82) is 0 Å². The lowest BCUT2D eigenvalue weighted by molar-refractivity contribution is -0.0453. The number of hydrogen-bond acceptors (Lipinski definition) is 4. The fourth-order valence-corrected chi connectivity index (χ4v) is 4.60. The lowest BCUT2D eigenvalue weighted by Gasteiger charge is -2.56. The van der Waals surface area contributed by atoms with Gasteiger partial charge in [0.25, 0.3) is 0 Å². The minimum Gasteiger partial charge on any atom is -0.493 e. The molecule has 1 N–H and O–H groups in total. The quantitative estimate of drug-likeness (QED) is 0.799. The van der Waals surface area contributed by atoms with E-state index in [9.17, 15) is 7.85 Å². The number of benzene rings is 1. The maximum absolute atomic E-state index is 10.7. The number of ether oxygens (including phenoxy) is 2. The van der Waals surface area contributed by atoms with Crippen molar-refractivity contribution in [3.63, 3.8) is 0 Å². The van der Waals surface area contributed by atoms with E-state index < -0.39 is 43.5 Å². The van der Waals surface area contributed by atoms with Crippen LogP contribution in [0.4, 0.5) is 0 Å². The SMILES string of the molecule is [2H]C([2H])([2H])Oc1ccc2c3c1OC1C(O)C=C[C@]4([2H])[C@@]31CCN(C([2H])([2H])[2H])[C@]4([2H])C2. The van der Waals surface area contributed by atoms with Gasteiger partial charge in [0.15, 0.2) is 11.5 Å². The monoisotopic (exact) mass is 307 g/mol. The van der Waals surface area contributed by atoms with Crippen molar-refractivity contribution in [2.24, 2.45) is 5.89 Å². The van der Waals surface area contributed by atoms with Crippen molar-refractivity contribution in [3.8, 4) is 11.5 Å². The highest BCUT2D eigenvalue weighted by molar-refractivity contribution is 5.62. The first-order valence-electron chi connectivity index (χ1n) is 11.4. The molecule has 1 aromatic rings. The fraction of sp³-hybridized carbons (Fsp3) is 0.556. The zero-order valence-corrected chi connectivity index (χ0v) is 11.8. The third-order valence-electron chi connectivity index (χ3n) is 5.47. The summed E-state index contributed by atoms with van der Waals surface area (Å²) in [5.74, 6) is -1.58. The zero-order valence-electron chi connectivity index (χ0n) is 19.8. The van der Waals surface area contributed by atoms with E-state index in [2.05, 4.69) is 0 Å². The number of aliphatic hydroxyl groups is 1. The average molecular weight is 307 g/mol. The molecule has 4 nitrogen and oxygen atoms in total. The van der Waals surface area contributed by atoms with Gasteiger partial charge in [-0.1, -0.05) is 18.2 Å². The van der Waals surface area contributed by atoms with Crippen molar-refractivity contribution in [3.05, 3.63) is 35.4 Å². The lowest BCUT2D eigenvalue weighted by Crippen LogP contribution is -2.64. The van der Waals surface area contributed by atoms with Crippen LogP contribution in [0.25, 0.3) is 0 Å². The van der Waals surface area contributed by atoms with Gasteiger partial charge in [0.1, 0.15) is 12.2 Å². The number of likely N-dealkylation sites (tertiary alicyclic amines) is 1. The summed E-state index contributed by atoms with van der Waals surface area (Å²) in [6, 6.07) is 1.23. The molecule has 4 aliphatic rings. The van der Waals surface area contributed by atoms with Gasteiger partial charge in [-0.3, -0.25) is 0 Å². The molecule has 0 saturated carbocycles. The minimum atomic E-state index is -2.72. The Hall–Kier alpha value is -1.52. The third-order valence-corrected chi connectivity index (χ3v) is 5.47. The summed E-state index contributed by atoms with van der Waals surface area (Å²) < 4.78 is 76.0. The number of methoxy groups -OCH3 is 1. The molecule has 1 aromatic carbocycles. The lowest BCUT2D eigenvalue weighted by atomic mass is 9.53. The maximum Gasteiger partial charge on any atom is 0.165 e. The van der Waals surface area contributed by atoms with Crippen molar-refractivity contribution >= 4 is 0 Å². The Morgan fingerprint density at radius 1 is 1.50 bits per heavy atom. The molecule has 116 valence electrons. The van der Waals surface area contributed by atoms with Crippen LogP contribution in [-0.4, -0.2) is 48.8 Å². The van der Waals surface area contributed by atoms with Gasteiger partial charge >= 0.3 is 0 Å². The van der Waals surface area contributed by atoms with Gasteiger partial charge in [-0.25, -0.2) is 0 Å². The molecule has 2 heterocycles. The average Bonchev–Trinajstić information content (AvgIpc) is 2.94. The molecule has 0 aromatic heterocycles. The zero-order chi connectivity index (χ0) is 21.9. The molecule has 4 heteroatoms. The van der Waals surface area contributed by atoms with E-state index >= 15 is 0 Å². The van der Waals surface area contributed by atoms with E-state index in [1.807, 2.05) is 0 Å². The highest BCUT2D eigenvalue weighted by Gasteiger charge is 2.64. The Labute approximate surface area is 141 Å². The Bertz CT molecular complexity index is 962. The molecule has 5 atom stereocenters. The Kier molecular flexibility index (Phi) is 1.36. The molecule has 2 bridgehead atoms. The fourth-order valence-electron chi connectivity index (χ4n) is 4.60. The highest BCUT2D eigenvalue weighted by Crippen LogP contribution is 2.62. The molecular formula is C18H21NO3. The topological polar surface area (TPSA) is 41.9 Å². The number of nitrogens with zero attached hydrogens (tertiary/aromatic N) is 1. The van der Waals surface area contributed by atoms with Crippen LogP contribution in [0.2, 0.25) is 0 Å².